The molecule has 0 unspecified atom stereocenters. The number of benzene rings is 2. The molecule has 124 valence electrons. The molecule has 0 aromatic heterocycles. The lowest BCUT2D eigenvalue weighted by atomic mass is 10.2. The van der Waals surface area contributed by atoms with E-state index in [4.69, 9.17) is 4.74 Å². The second-order valence-corrected chi connectivity index (χ2v) is 7.98. The molecule has 2 aromatic rings. The van der Waals surface area contributed by atoms with Crippen LogP contribution in [0.1, 0.15) is 11.1 Å². The van der Waals surface area contributed by atoms with Crippen LogP contribution >= 0.6 is 11.8 Å². The summed E-state index contributed by atoms with van der Waals surface area (Å²) in [4.78, 5) is 0.252. The molecule has 0 aliphatic heterocycles. The molecule has 0 fully saturated rings. The van der Waals surface area contributed by atoms with Gasteiger partial charge in [-0.05, 0) is 36.8 Å². The van der Waals surface area contributed by atoms with Crippen molar-refractivity contribution in [2.45, 2.75) is 17.6 Å². The molecule has 0 saturated carbocycles. The average Bonchev–Trinajstić information content (AvgIpc) is 2.56. The minimum Gasteiger partial charge on any atom is -0.497 e. The van der Waals surface area contributed by atoms with E-state index >= 15 is 0 Å². The highest BCUT2D eigenvalue weighted by Gasteiger charge is 2.12. The van der Waals surface area contributed by atoms with Gasteiger partial charge < -0.3 is 4.74 Å². The molecule has 0 heterocycles. The smallest absolute Gasteiger partial charge is 0.240 e. The van der Waals surface area contributed by atoms with Crippen LogP contribution in [0.5, 0.6) is 5.75 Å². The highest BCUT2D eigenvalue weighted by atomic mass is 32.2. The van der Waals surface area contributed by atoms with E-state index in [1.54, 1.807) is 43.1 Å². The summed E-state index contributed by atoms with van der Waals surface area (Å²) in [6.45, 7) is 2.47. The van der Waals surface area contributed by atoms with Crippen molar-refractivity contribution in [3.05, 3.63) is 59.7 Å². The van der Waals surface area contributed by atoms with Crippen LogP contribution in [-0.4, -0.2) is 27.8 Å². The molecule has 2 rings (SSSR count). The molecule has 2 aromatic carbocycles. The summed E-state index contributed by atoms with van der Waals surface area (Å²) in [6, 6.07) is 14.7. The van der Waals surface area contributed by atoms with Crippen LogP contribution in [0.15, 0.2) is 53.4 Å². The number of rotatable bonds is 8. The zero-order chi connectivity index (χ0) is 16.7. The predicted molar refractivity (Wildman–Crippen MR) is 95.5 cm³/mol. The molecule has 0 amide bonds. The molecule has 0 saturated heterocycles. The summed E-state index contributed by atoms with van der Waals surface area (Å²) in [7, 11) is -1.91. The Kier molecular flexibility index (Phi) is 6.50. The van der Waals surface area contributed by atoms with Crippen LogP contribution in [0.25, 0.3) is 0 Å². The van der Waals surface area contributed by atoms with E-state index in [1.165, 1.54) is 11.1 Å². The summed E-state index contributed by atoms with van der Waals surface area (Å²) < 4.78 is 31.9. The monoisotopic (exact) mass is 351 g/mol. The first kappa shape index (κ1) is 17.8. The zero-order valence-electron chi connectivity index (χ0n) is 13.3. The minimum atomic E-state index is -3.45. The van der Waals surface area contributed by atoms with E-state index in [1.807, 2.05) is 0 Å². The first-order chi connectivity index (χ1) is 11.0. The first-order valence-electron chi connectivity index (χ1n) is 7.28. The van der Waals surface area contributed by atoms with Crippen molar-refractivity contribution in [3.63, 3.8) is 0 Å². The third-order valence-electron chi connectivity index (χ3n) is 3.30. The molecule has 0 aliphatic carbocycles. The number of nitrogens with one attached hydrogen (secondary N) is 1. The molecule has 23 heavy (non-hydrogen) atoms. The Morgan fingerprint density at radius 3 is 2.30 bits per heavy atom. The van der Waals surface area contributed by atoms with Crippen molar-refractivity contribution in [1.29, 1.82) is 0 Å². The normalized spacial score (nSPS) is 11.4. The maximum absolute atomic E-state index is 12.1. The Morgan fingerprint density at radius 1 is 1.04 bits per heavy atom. The van der Waals surface area contributed by atoms with Crippen molar-refractivity contribution in [2.24, 2.45) is 0 Å². The van der Waals surface area contributed by atoms with Crippen molar-refractivity contribution < 1.29 is 13.2 Å². The first-order valence-corrected chi connectivity index (χ1v) is 9.92. The van der Waals surface area contributed by atoms with Gasteiger partial charge in [0.05, 0.1) is 12.0 Å². The topological polar surface area (TPSA) is 55.4 Å². The molecule has 0 aliphatic rings. The van der Waals surface area contributed by atoms with E-state index in [0.29, 0.717) is 12.3 Å². The number of hydrogen-bond acceptors (Lipinski definition) is 4. The van der Waals surface area contributed by atoms with E-state index in [2.05, 4.69) is 35.9 Å². The van der Waals surface area contributed by atoms with Gasteiger partial charge in [0.25, 0.3) is 0 Å². The number of aryl methyl sites for hydroxylation is 1. The van der Waals surface area contributed by atoms with Gasteiger partial charge >= 0.3 is 0 Å². The minimum absolute atomic E-state index is 0.252. The third kappa shape index (κ3) is 5.57. The van der Waals surface area contributed by atoms with E-state index < -0.39 is 10.0 Å². The van der Waals surface area contributed by atoms with Crippen LogP contribution in [0.4, 0.5) is 0 Å². The van der Waals surface area contributed by atoms with Gasteiger partial charge in [-0.15, -0.1) is 0 Å². The van der Waals surface area contributed by atoms with Gasteiger partial charge in [-0.25, -0.2) is 13.1 Å². The predicted octanol–water partition coefficient (Wildman–Crippen LogP) is 3.22. The Morgan fingerprint density at radius 2 is 1.70 bits per heavy atom. The molecule has 6 heteroatoms. The third-order valence-corrected chi connectivity index (χ3v) is 5.80. The highest BCUT2D eigenvalue weighted by Crippen LogP contribution is 2.16. The quantitative estimate of drug-likeness (QED) is 0.742. The van der Waals surface area contributed by atoms with Crippen molar-refractivity contribution in [3.8, 4) is 5.75 Å². The molecular weight excluding hydrogens is 330 g/mol. The Balaban J connectivity index is 1.77. The molecule has 4 nitrogen and oxygen atoms in total. The largest absolute Gasteiger partial charge is 0.497 e. The highest BCUT2D eigenvalue weighted by molar-refractivity contribution is 7.98. The Bertz CT molecular complexity index is 711. The number of thioether (sulfide) groups is 1. The van der Waals surface area contributed by atoms with Gasteiger partial charge in [-0.1, -0.05) is 29.8 Å². The van der Waals surface area contributed by atoms with E-state index in [-0.39, 0.29) is 4.90 Å². The van der Waals surface area contributed by atoms with Crippen LogP contribution < -0.4 is 9.46 Å². The van der Waals surface area contributed by atoms with Crippen molar-refractivity contribution in [2.75, 3.05) is 19.4 Å². The van der Waals surface area contributed by atoms with E-state index in [0.717, 1.165) is 11.5 Å². The SMILES string of the molecule is COc1ccc(S(=O)(=O)NCCSCc2ccc(C)cc2)cc1. The van der Waals surface area contributed by atoms with Gasteiger partial charge in [0.15, 0.2) is 0 Å². The Hall–Kier alpha value is -1.50. The molecule has 0 radical (unpaired) electrons. The summed E-state index contributed by atoms with van der Waals surface area (Å²) >= 11 is 1.71. The zero-order valence-corrected chi connectivity index (χ0v) is 14.9. The fraction of sp³-hybridized carbons (Fsp3) is 0.294. The van der Waals surface area contributed by atoms with Crippen molar-refractivity contribution in [1.82, 2.24) is 4.72 Å². The second kappa shape index (κ2) is 8.38. The standard InChI is InChI=1S/C17H21NO3S2/c1-14-3-5-15(6-4-14)13-22-12-11-18-23(19,20)17-9-7-16(21-2)8-10-17/h3-10,18H,11-13H2,1-2H3. The lowest BCUT2D eigenvalue weighted by Gasteiger charge is -2.07. The fourth-order valence-corrected chi connectivity index (χ4v) is 3.94. The summed E-state index contributed by atoms with van der Waals surface area (Å²) in [5, 5.41) is 0. The van der Waals surface area contributed by atoms with Gasteiger partial charge in [-0.3, -0.25) is 0 Å². The lowest BCUT2D eigenvalue weighted by molar-refractivity contribution is 0.414. The van der Waals surface area contributed by atoms with Crippen LogP contribution in [0.2, 0.25) is 0 Å². The number of sulfonamides is 1. The molecule has 0 bridgehead atoms. The maximum atomic E-state index is 12.1. The summed E-state index contributed by atoms with van der Waals surface area (Å²) in [5.74, 6) is 2.24. The van der Waals surface area contributed by atoms with Crippen LogP contribution in [0.3, 0.4) is 0 Å². The van der Waals surface area contributed by atoms with Gasteiger partial charge in [0, 0.05) is 18.1 Å². The van der Waals surface area contributed by atoms with Crippen molar-refractivity contribution >= 4 is 21.8 Å². The lowest BCUT2D eigenvalue weighted by Crippen LogP contribution is -2.26. The Labute approximate surface area is 142 Å². The maximum Gasteiger partial charge on any atom is 0.240 e. The second-order valence-electron chi connectivity index (χ2n) is 5.11. The number of hydrogen-bond donors (Lipinski definition) is 1. The molecule has 0 atom stereocenters. The molecule has 0 spiro atoms. The van der Waals surface area contributed by atoms with Gasteiger partial charge in [0.1, 0.15) is 5.75 Å². The van der Waals surface area contributed by atoms with Gasteiger partial charge in [-0.2, -0.15) is 11.8 Å². The van der Waals surface area contributed by atoms with E-state index in [9.17, 15) is 8.42 Å². The summed E-state index contributed by atoms with van der Waals surface area (Å²) in [6.07, 6.45) is 0. The van der Waals surface area contributed by atoms with Crippen LogP contribution in [0, 0.1) is 6.92 Å². The van der Waals surface area contributed by atoms with Gasteiger partial charge in [0.2, 0.25) is 10.0 Å². The van der Waals surface area contributed by atoms with Crippen LogP contribution in [-0.2, 0) is 15.8 Å². The molecule has 1 N–H and O–H groups in total. The summed E-state index contributed by atoms with van der Waals surface area (Å²) in [5.41, 5.74) is 2.49. The number of methoxy groups -OCH3 is 1. The number of ether oxygens (including phenoxy) is 1. The molecular formula is C17H21NO3S2. The average molecular weight is 351 g/mol. The fourth-order valence-electron chi connectivity index (χ4n) is 1.96.